The van der Waals surface area contributed by atoms with Gasteiger partial charge in [-0.2, -0.15) is 0 Å². The molecule has 0 radical (unpaired) electrons. The number of carbonyl (C=O) groups excluding carboxylic acids is 1. The molecule has 0 spiro atoms. The Bertz CT molecular complexity index is 415. The highest BCUT2D eigenvalue weighted by molar-refractivity contribution is 5.98. The van der Waals surface area contributed by atoms with Crippen molar-refractivity contribution in [2.45, 2.75) is 32.7 Å². The van der Waals surface area contributed by atoms with Crippen molar-refractivity contribution < 1.29 is 4.79 Å². The van der Waals surface area contributed by atoms with E-state index >= 15 is 0 Å². The third-order valence-corrected chi connectivity index (χ3v) is 2.96. The molecule has 0 saturated heterocycles. The van der Waals surface area contributed by atoms with Crippen molar-refractivity contribution in [1.82, 2.24) is 4.90 Å². The molecule has 0 saturated carbocycles. The molecule has 80 valence electrons. The SMILES string of the molecule is CN1Cc2ccc(C(C)(C)C)cc2C1=O. The molecule has 0 unspecified atom stereocenters. The van der Waals surface area contributed by atoms with Gasteiger partial charge in [0, 0.05) is 19.2 Å². The normalized spacial score (nSPS) is 15.7. The van der Waals surface area contributed by atoms with E-state index in [-0.39, 0.29) is 11.3 Å². The van der Waals surface area contributed by atoms with Gasteiger partial charge < -0.3 is 4.90 Å². The Balaban J connectivity index is 2.49. The topological polar surface area (TPSA) is 20.3 Å². The van der Waals surface area contributed by atoms with Crippen molar-refractivity contribution in [2.75, 3.05) is 7.05 Å². The maximum atomic E-state index is 11.8. The summed E-state index contributed by atoms with van der Waals surface area (Å²) in [6.07, 6.45) is 0. The van der Waals surface area contributed by atoms with Gasteiger partial charge in [-0.1, -0.05) is 32.9 Å². The quantitative estimate of drug-likeness (QED) is 0.634. The zero-order valence-electron chi connectivity index (χ0n) is 9.79. The molecule has 0 N–H and O–H groups in total. The number of amides is 1. The van der Waals surface area contributed by atoms with Crippen LogP contribution in [0.15, 0.2) is 18.2 Å². The molecule has 2 rings (SSSR count). The van der Waals surface area contributed by atoms with Crippen LogP contribution < -0.4 is 0 Å². The molecule has 1 aliphatic heterocycles. The first-order chi connectivity index (χ1) is 6.89. The van der Waals surface area contributed by atoms with Gasteiger partial charge in [-0.25, -0.2) is 0 Å². The summed E-state index contributed by atoms with van der Waals surface area (Å²) in [5, 5.41) is 0. The van der Waals surface area contributed by atoms with Crippen LogP contribution in [-0.4, -0.2) is 17.9 Å². The van der Waals surface area contributed by atoms with Crippen LogP contribution in [0.3, 0.4) is 0 Å². The first-order valence-corrected chi connectivity index (χ1v) is 5.28. The van der Waals surface area contributed by atoms with E-state index in [1.807, 2.05) is 13.1 Å². The highest BCUT2D eigenvalue weighted by Crippen LogP contribution is 2.28. The van der Waals surface area contributed by atoms with Crippen molar-refractivity contribution in [2.24, 2.45) is 0 Å². The number of benzene rings is 1. The number of hydrogen-bond donors (Lipinski definition) is 0. The maximum Gasteiger partial charge on any atom is 0.254 e. The summed E-state index contributed by atoms with van der Waals surface area (Å²) in [6.45, 7) is 7.24. The summed E-state index contributed by atoms with van der Waals surface area (Å²) >= 11 is 0. The lowest BCUT2D eigenvalue weighted by molar-refractivity contribution is 0.0816. The Morgan fingerprint density at radius 2 is 1.93 bits per heavy atom. The Morgan fingerprint density at radius 1 is 1.27 bits per heavy atom. The highest BCUT2D eigenvalue weighted by atomic mass is 16.2. The lowest BCUT2D eigenvalue weighted by atomic mass is 9.85. The predicted octanol–water partition coefficient (Wildman–Crippen LogP) is 2.57. The number of fused-ring (bicyclic) bond motifs is 1. The zero-order chi connectivity index (χ0) is 11.2. The number of nitrogens with zero attached hydrogens (tertiary/aromatic N) is 1. The second-order valence-electron chi connectivity index (χ2n) is 5.28. The minimum atomic E-state index is 0.108. The molecular weight excluding hydrogens is 186 g/mol. The summed E-state index contributed by atoms with van der Waals surface area (Å²) < 4.78 is 0. The van der Waals surface area contributed by atoms with Crippen molar-refractivity contribution in [3.05, 3.63) is 34.9 Å². The second-order valence-corrected chi connectivity index (χ2v) is 5.28. The molecular formula is C13H17NO. The molecule has 15 heavy (non-hydrogen) atoms. The van der Waals surface area contributed by atoms with E-state index < -0.39 is 0 Å². The fourth-order valence-corrected chi connectivity index (χ4v) is 1.91. The van der Waals surface area contributed by atoms with E-state index in [1.54, 1.807) is 4.90 Å². The average Bonchev–Trinajstić information content (AvgIpc) is 2.41. The first kappa shape index (κ1) is 10.2. The monoisotopic (exact) mass is 203 g/mol. The molecule has 0 aliphatic carbocycles. The van der Waals surface area contributed by atoms with E-state index in [0.717, 1.165) is 17.7 Å². The third-order valence-electron chi connectivity index (χ3n) is 2.96. The molecule has 1 aromatic carbocycles. The smallest absolute Gasteiger partial charge is 0.254 e. The molecule has 2 heteroatoms. The molecule has 0 fully saturated rings. The van der Waals surface area contributed by atoms with Crippen LogP contribution in [0.2, 0.25) is 0 Å². The fraction of sp³-hybridized carbons (Fsp3) is 0.462. The Hall–Kier alpha value is -1.31. The van der Waals surface area contributed by atoms with Crippen LogP contribution in [0.4, 0.5) is 0 Å². The van der Waals surface area contributed by atoms with E-state index in [9.17, 15) is 4.79 Å². The van der Waals surface area contributed by atoms with Gasteiger partial charge in [-0.05, 0) is 22.6 Å². The molecule has 1 aliphatic rings. The number of rotatable bonds is 0. The Kier molecular flexibility index (Phi) is 2.10. The Morgan fingerprint density at radius 3 is 2.53 bits per heavy atom. The molecule has 2 nitrogen and oxygen atoms in total. The second kappa shape index (κ2) is 3.09. The molecule has 1 heterocycles. The summed E-state index contributed by atoms with van der Waals surface area (Å²) in [5.41, 5.74) is 3.36. The van der Waals surface area contributed by atoms with Gasteiger partial charge >= 0.3 is 0 Å². The molecule has 1 aromatic rings. The zero-order valence-corrected chi connectivity index (χ0v) is 9.79. The lowest BCUT2D eigenvalue weighted by Crippen LogP contribution is -2.18. The standard InChI is InChI=1S/C13H17NO/c1-13(2,3)10-6-5-9-8-14(4)12(15)11(9)7-10/h5-7H,8H2,1-4H3. The van der Waals surface area contributed by atoms with Gasteiger partial charge in [0.15, 0.2) is 0 Å². The lowest BCUT2D eigenvalue weighted by Gasteiger charge is -2.19. The van der Waals surface area contributed by atoms with Gasteiger partial charge in [0.05, 0.1) is 0 Å². The van der Waals surface area contributed by atoms with Crippen LogP contribution in [-0.2, 0) is 12.0 Å². The van der Waals surface area contributed by atoms with Crippen molar-refractivity contribution in [1.29, 1.82) is 0 Å². The van der Waals surface area contributed by atoms with Crippen molar-refractivity contribution >= 4 is 5.91 Å². The van der Waals surface area contributed by atoms with Gasteiger partial charge in [0.1, 0.15) is 0 Å². The molecule has 0 atom stereocenters. The minimum Gasteiger partial charge on any atom is -0.337 e. The summed E-state index contributed by atoms with van der Waals surface area (Å²) in [6, 6.07) is 6.25. The number of carbonyl (C=O) groups is 1. The van der Waals surface area contributed by atoms with E-state index in [1.165, 1.54) is 5.56 Å². The molecule has 1 amide bonds. The summed E-state index contributed by atoms with van der Waals surface area (Å²) in [4.78, 5) is 13.6. The average molecular weight is 203 g/mol. The van der Waals surface area contributed by atoms with Crippen molar-refractivity contribution in [3.8, 4) is 0 Å². The third kappa shape index (κ3) is 1.65. The fourth-order valence-electron chi connectivity index (χ4n) is 1.91. The van der Waals surface area contributed by atoms with Crippen LogP contribution in [0.5, 0.6) is 0 Å². The summed E-state index contributed by atoms with van der Waals surface area (Å²) in [7, 11) is 1.85. The predicted molar refractivity (Wildman–Crippen MR) is 60.9 cm³/mol. The van der Waals surface area contributed by atoms with E-state index in [2.05, 4.69) is 32.9 Å². The minimum absolute atomic E-state index is 0.108. The van der Waals surface area contributed by atoms with Gasteiger partial charge in [0.2, 0.25) is 0 Å². The molecule has 0 aromatic heterocycles. The molecule has 0 bridgehead atoms. The van der Waals surface area contributed by atoms with E-state index in [0.29, 0.717) is 0 Å². The van der Waals surface area contributed by atoms with Crippen molar-refractivity contribution in [3.63, 3.8) is 0 Å². The Labute approximate surface area is 90.9 Å². The van der Waals surface area contributed by atoms with Gasteiger partial charge in [-0.15, -0.1) is 0 Å². The maximum absolute atomic E-state index is 11.8. The van der Waals surface area contributed by atoms with Crippen LogP contribution >= 0.6 is 0 Å². The largest absolute Gasteiger partial charge is 0.337 e. The van der Waals surface area contributed by atoms with E-state index in [4.69, 9.17) is 0 Å². The highest BCUT2D eigenvalue weighted by Gasteiger charge is 2.26. The van der Waals surface area contributed by atoms with Crippen LogP contribution in [0, 0.1) is 0 Å². The summed E-state index contributed by atoms with van der Waals surface area (Å²) in [5.74, 6) is 0.149. The first-order valence-electron chi connectivity index (χ1n) is 5.28. The van der Waals surface area contributed by atoms with Crippen LogP contribution in [0.25, 0.3) is 0 Å². The van der Waals surface area contributed by atoms with Gasteiger partial charge in [-0.3, -0.25) is 4.79 Å². The van der Waals surface area contributed by atoms with Crippen LogP contribution in [0.1, 0.15) is 42.3 Å². The number of hydrogen-bond acceptors (Lipinski definition) is 1. The van der Waals surface area contributed by atoms with Gasteiger partial charge in [0.25, 0.3) is 5.91 Å².